The molecule has 7 heteroatoms. The van der Waals surface area contributed by atoms with Gasteiger partial charge in [-0.2, -0.15) is 0 Å². The molecule has 0 unspecified atom stereocenters. The van der Waals surface area contributed by atoms with Crippen molar-refractivity contribution in [3.63, 3.8) is 0 Å². The van der Waals surface area contributed by atoms with Crippen LogP contribution in [0.15, 0.2) is 30.3 Å². The Labute approximate surface area is 128 Å². The van der Waals surface area contributed by atoms with Crippen LogP contribution < -0.4 is 5.32 Å². The zero-order valence-corrected chi connectivity index (χ0v) is 12.0. The number of carbonyl (C=O) groups is 1. The van der Waals surface area contributed by atoms with E-state index in [0.717, 1.165) is 0 Å². The minimum atomic E-state index is -0.817. The molecule has 0 aliphatic heterocycles. The van der Waals surface area contributed by atoms with Gasteiger partial charge in [-0.15, -0.1) is 0 Å². The average Bonchev–Trinajstić information content (AvgIpc) is 2.39. The number of halogens is 4. The van der Waals surface area contributed by atoms with E-state index >= 15 is 0 Å². The van der Waals surface area contributed by atoms with Crippen molar-refractivity contribution in [1.82, 2.24) is 0 Å². The number of hydrogen-bond donors (Lipinski definition) is 2. The van der Waals surface area contributed by atoms with E-state index in [1.807, 2.05) is 0 Å². The summed E-state index contributed by atoms with van der Waals surface area (Å²) in [5.74, 6) is -1.81. The predicted molar refractivity (Wildman–Crippen MR) is 77.5 cm³/mol. The molecule has 0 aliphatic rings. The van der Waals surface area contributed by atoms with Crippen molar-refractivity contribution in [2.75, 3.05) is 5.32 Å². The van der Waals surface area contributed by atoms with Crippen LogP contribution in [0.4, 0.5) is 10.1 Å². The molecule has 1 amide bonds. The van der Waals surface area contributed by atoms with Gasteiger partial charge in [0.05, 0.1) is 20.6 Å². The second-order valence-electron chi connectivity index (χ2n) is 3.84. The standard InChI is InChI=1S/C13H7Cl3FNO2/c14-8-3-1-2-7(11(8)17)13(20)18-6-4-9(15)12(19)10(16)5-6/h1-5,19H,(H,18,20). The summed E-state index contributed by atoms with van der Waals surface area (Å²) in [5, 5.41) is 11.6. The number of carbonyl (C=O) groups excluding carboxylic acids is 1. The van der Waals surface area contributed by atoms with Crippen molar-refractivity contribution >= 4 is 46.4 Å². The second kappa shape index (κ2) is 5.87. The highest BCUT2D eigenvalue weighted by Crippen LogP contribution is 2.34. The summed E-state index contributed by atoms with van der Waals surface area (Å²) in [6, 6.07) is 6.67. The second-order valence-corrected chi connectivity index (χ2v) is 5.07. The normalized spacial score (nSPS) is 10.4. The lowest BCUT2D eigenvalue weighted by Crippen LogP contribution is -2.13. The maximum atomic E-state index is 13.7. The van der Waals surface area contributed by atoms with E-state index in [9.17, 15) is 14.3 Å². The molecule has 2 aromatic carbocycles. The fourth-order valence-corrected chi connectivity index (χ4v) is 2.18. The zero-order chi connectivity index (χ0) is 14.9. The third-order valence-corrected chi connectivity index (χ3v) is 3.34. The number of nitrogens with one attached hydrogen (secondary N) is 1. The van der Waals surface area contributed by atoms with Gasteiger partial charge in [0.25, 0.3) is 5.91 Å². The Hall–Kier alpha value is -1.49. The maximum absolute atomic E-state index is 13.7. The number of hydrogen-bond acceptors (Lipinski definition) is 2. The van der Waals surface area contributed by atoms with Crippen molar-refractivity contribution in [3.8, 4) is 5.75 Å². The number of amides is 1. The number of anilines is 1. The van der Waals surface area contributed by atoms with Gasteiger partial charge in [-0.05, 0) is 24.3 Å². The Bertz CT molecular complexity index is 668. The molecule has 0 atom stereocenters. The number of aromatic hydroxyl groups is 1. The minimum Gasteiger partial charge on any atom is -0.505 e. The van der Waals surface area contributed by atoms with Crippen LogP contribution in [-0.4, -0.2) is 11.0 Å². The van der Waals surface area contributed by atoms with Crippen LogP contribution in [0.5, 0.6) is 5.75 Å². The Balaban J connectivity index is 2.30. The molecule has 0 aliphatic carbocycles. The van der Waals surface area contributed by atoms with Crippen LogP contribution in [0.1, 0.15) is 10.4 Å². The van der Waals surface area contributed by atoms with Gasteiger partial charge in [0.2, 0.25) is 0 Å². The van der Waals surface area contributed by atoms with Gasteiger partial charge in [0.15, 0.2) is 11.6 Å². The Morgan fingerprint density at radius 3 is 2.30 bits per heavy atom. The zero-order valence-electron chi connectivity index (χ0n) is 9.75. The quantitative estimate of drug-likeness (QED) is 0.779. The lowest BCUT2D eigenvalue weighted by Gasteiger charge is -2.09. The van der Waals surface area contributed by atoms with Crippen LogP contribution in [-0.2, 0) is 0 Å². The average molecular weight is 335 g/mol. The Morgan fingerprint density at radius 1 is 1.10 bits per heavy atom. The summed E-state index contributed by atoms with van der Waals surface area (Å²) in [4.78, 5) is 11.9. The highest BCUT2D eigenvalue weighted by atomic mass is 35.5. The molecular weight excluding hydrogens is 328 g/mol. The van der Waals surface area contributed by atoms with E-state index in [0.29, 0.717) is 0 Å². The largest absolute Gasteiger partial charge is 0.505 e. The molecular formula is C13H7Cl3FNO2. The summed E-state index contributed by atoms with van der Waals surface area (Å²) < 4.78 is 13.7. The van der Waals surface area contributed by atoms with Gasteiger partial charge >= 0.3 is 0 Å². The monoisotopic (exact) mass is 333 g/mol. The molecule has 0 saturated heterocycles. The molecule has 0 heterocycles. The molecule has 0 spiro atoms. The Kier molecular flexibility index (Phi) is 4.38. The lowest BCUT2D eigenvalue weighted by molar-refractivity contribution is 0.102. The SMILES string of the molecule is O=C(Nc1cc(Cl)c(O)c(Cl)c1)c1cccc(Cl)c1F. The lowest BCUT2D eigenvalue weighted by atomic mass is 10.2. The van der Waals surface area contributed by atoms with Gasteiger partial charge in [-0.25, -0.2) is 4.39 Å². The first-order valence-corrected chi connectivity index (χ1v) is 6.47. The van der Waals surface area contributed by atoms with Crippen molar-refractivity contribution in [3.05, 3.63) is 56.8 Å². The molecule has 20 heavy (non-hydrogen) atoms. The molecule has 0 saturated carbocycles. The Morgan fingerprint density at radius 2 is 1.70 bits per heavy atom. The van der Waals surface area contributed by atoms with Gasteiger partial charge in [0, 0.05) is 5.69 Å². The molecule has 2 rings (SSSR count). The minimum absolute atomic E-state index is 0.0284. The van der Waals surface area contributed by atoms with Crippen LogP contribution in [0.2, 0.25) is 15.1 Å². The number of phenolic OH excluding ortho intramolecular Hbond substituents is 1. The highest BCUT2D eigenvalue weighted by molar-refractivity contribution is 6.37. The first kappa shape index (κ1) is 14.9. The number of phenols is 1. The summed E-state index contributed by atoms with van der Waals surface area (Å²) >= 11 is 17.1. The van der Waals surface area contributed by atoms with E-state index in [2.05, 4.69) is 5.32 Å². The van der Waals surface area contributed by atoms with E-state index in [1.165, 1.54) is 30.3 Å². The van der Waals surface area contributed by atoms with Crippen LogP contribution >= 0.6 is 34.8 Å². The van der Waals surface area contributed by atoms with Crippen molar-refractivity contribution in [1.29, 1.82) is 0 Å². The molecule has 0 radical (unpaired) electrons. The van der Waals surface area contributed by atoms with E-state index in [1.54, 1.807) is 0 Å². The molecule has 0 aromatic heterocycles. The first-order chi connectivity index (χ1) is 9.40. The van der Waals surface area contributed by atoms with Crippen LogP contribution in [0.3, 0.4) is 0 Å². The summed E-state index contributed by atoms with van der Waals surface area (Å²) in [6.45, 7) is 0. The van der Waals surface area contributed by atoms with Crippen molar-refractivity contribution < 1.29 is 14.3 Å². The number of rotatable bonds is 2. The molecule has 0 fully saturated rings. The van der Waals surface area contributed by atoms with Crippen LogP contribution in [0, 0.1) is 5.82 Å². The smallest absolute Gasteiger partial charge is 0.258 e. The fourth-order valence-electron chi connectivity index (χ4n) is 1.52. The first-order valence-electron chi connectivity index (χ1n) is 5.33. The molecule has 0 bridgehead atoms. The maximum Gasteiger partial charge on any atom is 0.258 e. The number of benzene rings is 2. The third kappa shape index (κ3) is 2.98. The molecule has 2 aromatic rings. The molecule has 104 valence electrons. The van der Waals surface area contributed by atoms with Crippen LogP contribution in [0.25, 0.3) is 0 Å². The summed E-state index contributed by atoms with van der Waals surface area (Å²) in [7, 11) is 0. The van der Waals surface area contributed by atoms with E-state index < -0.39 is 11.7 Å². The highest BCUT2D eigenvalue weighted by Gasteiger charge is 2.15. The predicted octanol–water partition coefficient (Wildman–Crippen LogP) is 4.74. The summed E-state index contributed by atoms with van der Waals surface area (Å²) in [6.07, 6.45) is 0. The molecule has 3 nitrogen and oxygen atoms in total. The van der Waals surface area contributed by atoms with Gasteiger partial charge < -0.3 is 10.4 Å². The topological polar surface area (TPSA) is 49.3 Å². The van der Waals surface area contributed by atoms with Crippen molar-refractivity contribution in [2.45, 2.75) is 0 Å². The summed E-state index contributed by atoms with van der Waals surface area (Å²) in [5.41, 5.74) is 0.0139. The van der Waals surface area contributed by atoms with E-state index in [4.69, 9.17) is 34.8 Å². The third-order valence-electron chi connectivity index (χ3n) is 2.47. The van der Waals surface area contributed by atoms with Crippen molar-refractivity contribution in [2.24, 2.45) is 0 Å². The molecule has 2 N–H and O–H groups in total. The van der Waals surface area contributed by atoms with E-state index in [-0.39, 0.29) is 32.1 Å². The fraction of sp³-hybridized carbons (Fsp3) is 0. The van der Waals surface area contributed by atoms with Gasteiger partial charge in [-0.3, -0.25) is 4.79 Å². The van der Waals surface area contributed by atoms with Gasteiger partial charge in [-0.1, -0.05) is 40.9 Å². The van der Waals surface area contributed by atoms with Gasteiger partial charge in [0.1, 0.15) is 0 Å².